The van der Waals surface area contributed by atoms with E-state index in [1.165, 1.54) is 6.33 Å². The molecule has 2 aromatic rings. The third-order valence-electron chi connectivity index (χ3n) is 2.86. The van der Waals surface area contributed by atoms with Gasteiger partial charge >= 0.3 is 0 Å². The largest absolute Gasteiger partial charge is 0.307 e. The summed E-state index contributed by atoms with van der Waals surface area (Å²) in [6.45, 7) is 2.90. The van der Waals surface area contributed by atoms with Gasteiger partial charge < -0.3 is 5.32 Å². The SMILES string of the molecule is CCCNC(Cc1cccc(Cl)c1F)c1ncn[nH]1. The van der Waals surface area contributed by atoms with Gasteiger partial charge in [-0.3, -0.25) is 5.10 Å². The Morgan fingerprint density at radius 1 is 1.47 bits per heavy atom. The van der Waals surface area contributed by atoms with Gasteiger partial charge in [0.1, 0.15) is 18.0 Å². The van der Waals surface area contributed by atoms with Gasteiger partial charge in [-0.1, -0.05) is 30.7 Å². The lowest BCUT2D eigenvalue weighted by Gasteiger charge is -2.16. The molecule has 2 rings (SSSR count). The Labute approximate surface area is 116 Å². The second-order valence-corrected chi connectivity index (χ2v) is 4.70. The van der Waals surface area contributed by atoms with E-state index in [2.05, 4.69) is 27.4 Å². The zero-order valence-corrected chi connectivity index (χ0v) is 11.4. The summed E-state index contributed by atoms with van der Waals surface area (Å²) >= 11 is 5.80. The van der Waals surface area contributed by atoms with Crippen LogP contribution in [0, 0.1) is 5.82 Å². The predicted octanol–water partition coefficient (Wildman–Crippen LogP) is 2.88. The molecule has 0 spiro atoms. The van der Waals surface area contributed by atoms with Crippen LogP contribution in [0.15, 0.2) is 24.5 Å². The van der Waals surface area contributed by atoms with Crippen LogP contribution in [-0.2, 0) is 6.42 Å². The normalized spacial score (nSPS) is 12.6. The van der Waals surface area contributed by atoms with Gasteiger partial charge in [0.2, 0.25) is 0 Å². The fourth-order valence-electron chi connectivity index (χ4n) is 1.89. The average Bonchev–Trinajstić information content (AvgIpc) is 2.93. The van der Waals surface area contributed by atoms with Crippen LogP contribution >= 0.6 is 11.6 Å². The minimum absolute atomic E-state index is 0.101. The van der Waals surface area contributed by atoms with Crippen molar-refractivity contribution in [3.05, 3.63) is 46.8 Å². The minimum Gasteiger partial charge on any atom is -0.307 e. The molecule has 1 heterocycles. The number of aromatic nitrogens is 3. The molecule has 1 unspecified atom stereocenters. The highest BCUT2D eigenvalue weighted by Crippen LogP contribution is 2.22. The van der Waals surface area contributed by atoms with Crippen LogP contribution in [0.3, 0.4) is 0 Å². The van der Waals surface area contributed by atoms with E-state index in [-0.39, 0.29) is 16.9 Å². The molecule has 0 amide bonds. The van der Waals surface area contributed by atoms with Crippen LogP contribution < -0.4 is 5.32 Å². The minimum atomic E-state index is -0.369. The number of rotatable bonds is 6. The van der Waals surface area contributed by atoms with Crippen LogP contribution in [0.25, 0.3) is 0 Å². The first kappa shape index (κ1) is 14.0. The van der Waals surface area contributed by atoms with Gasteiger partial charge in [0.25, 0.3) is 0 Å². The molecular weight excluding hydrogens is 267 g/mol. The standard InChI is InChI=1S/C13H16ClFN4/c1-2-6-16-11(13-17-8-18-19-13)7-9-4-3-5-10(14)12(9)15/h3-5,8,11,16H,2,6-7H2,1H3,(H,17,18,19). The number of hydrogen-bond donors (Lipinski definition) is 2. The van der Waals surface area contributed by atoms with Crippen molar-refractivity contribution in [1.82, 2.24) is 20.5 Å². The Bertz CT molecular complexity index is 515. The summed E-state index contributed by atoms with van der Waals surface area (Å²) in [5.41, 5.74) is 0.567. The second kappa shape index (κ2) is 6.63. The van der Waals surface area contributed by atoms with Crippen molar-refractivity contribution >= 4 is 11.6 Å². The van der Waals surface area contributed by atoms with Crippen LogP contribution in [-0.4, -0.2) is 21.7 Å². The first-order valence-electron chi connectivity index (χ1n) is 6.24. The summed E-state index contributed by atoms with van der Waals surface area (Å²) in [6.07, 6.45) is 2.91. The molecule has 0 aliphatic carbocycles. The Kier molecular flexibility index (Phi) is 4.87. The Morgan fingerprint density at radius 3 is 3.00 bits per heavy atom. The number of aromatic amines is 1. The van der Waals surface area contributed by atoms with Crippen LogP contribution in [0.1, 0.15) is 30.8 Å². The molecule has 0 fully saturated rings. The number of hydrogen-bond acceptors (Lipinski definition) is 3. The number of H-pyrrole nitrogens is 1. The predicted molar refractivity (Wildman–Crippen MR) is 72.5 cm³/mol. The van der Waals surface area contributed by atoms with Crippen molar-refractivity contribution in [3.8, 4) is 0 Å². The van der Waals surface area contributed by atoms with Gasteiger partial charge in [0.15, 0.2) is 0 Å². The number of nitrogens with one attached hydrogen (secondary N) is 2. The molecule has 2 N–H and O–H groups in total. The monoisotopic (exact) mass is 282 g/mol. The van der Waals surface area contributed by atoms with Gasteiger partial charge in [0, 0.05) is 0 Å². The maximum Gasteiger partial charge on any atom is 0.145 e. The molecular formula is C13H16ClFN4. The third kappa shape index (κ3) is 3.52. The van der Waals surface area contributed by atoms with E-state index in [1.807, 2.05) is 0 Å². The third-order valence-corrected chi connectivity index (χ3v) is 3.15. The first-order chi connectivity index (χ1) is 9.22. The van der Waals surface area contributed by atoms with Crippen LogP contribution in [0.2, 0.25) is 5.02 Å². The fourth-order valence-corrected chi connectivity index (χ4v) is 2.09. The maximum atomic E-state index is 13.9. The lowest BCUT2D eigenvalue weighted by Crippen LogP contribution is -2.25. The van der Waals surface area contributed by atoms with Crippen molar-refractivity contribution in [3.63, 3.8) is 0 Å². The van der Waals surface area contributed by atoms with Crippen molar-refractivity contribution in [1.29, 1.82) is 0 Å². The fraction of sp³-hybridized carbons (Fsp3) is 0.385. The van der Waals surface area contributed by atoms with E-state index >= 15 is 0 Å². The summed E-state index contributed by atoms with van der Waals surface area (Å²) < 4.78 is 13.9. The molecule has 19 heavy (non-hydrogen) atoms. The van der Waals surface area contributed by atoms with E-state index in [0.29, 0.717) is 17.8 Å². The number of halogens is 2. The molecule has 0 radical (unpaired) electrons. The second-order valence-electron chi connectivity index (χ2n) is 4.29. The average molecular weight is 283 g/mol. The summed E-state index contributed by atoms with van der Waals surface area (Å²) in [7, 11) is 0. The molecule has 1 aromatic heterocycles. The molecule has 0 aliphatic rings. The Balaban J connectivity index is 2.18. The zero-order valence-electron chi connectivity index (χ0n) is 10.7. The van der Waals surface area contributed by atoms with Crippen LogP contribution in [0.5, 0.6) is 0 Å². The van der Waals surface area contributed by atoms with Gasteiger partial charge in [-0.2, -0.15) is 5.10 Å². The molecule has 102 valence electrons. The summed E-state index contributed by atoms with van der Waals surface area (Å²) in [4.78, 5) is 4.13. The molecule has 0 saturated heterocycles. The number of nitrogens with zero attached hydrogens (tertiary/aromatic N) is 2. The van der Waals surface area contributed by atoms with E-state index < -0.39 is 0 Å². The van der Waals surface area contributed by atoms with Gasteiger partial charge in [-0.05, 0) is 31.0 Å². The van der Waals surface area contributed by atoms with E-state index in [1.54, 1.807) is 18.2 Å². The zero-order chi connectivity index (χ0) is 13.7. The smallest absolute Gasteiger partial charge is 0.145 e. The van der Waals surface area contributed by atoms with E-state index in [0.717, 1.165) is 13.0 Å². The summed E-state index contributed by atoms with van der Waals surface area (Å²) in [5.74, 6) is 0.333. The summed E-state index contributed by atoms with van der Waals surface area (Å²) in [6, 6.07) is 4.93. The first-order valence-corrected chi connectivity index (χ1v) is 6.61. The van der Waals surface area contributed by atoms with Gasteiger partial charge in [0.05, 0.1) is 11.1 Å². The highest BCUT2D eigenvalue weighted by atomic mass is 35.5. The van der Waals surface area contributed by atoms with Crippen molar-refractivity contribution in [2.45, 2.75) is 25.8 Å². The molecule has 6 heteroatoms. The summed E-state index contributed by atoms with van der Waals surface area (Å²) in [5, 5.41) is 10.1. The molecule has 1 atom stereocenters. The Morgan fingerprint density at radius 2 is 2.32 bits per heavy atom. The Hall–Kier alpha value is -1.46. The molecule has 1 aromatic carbocycles. The molecule has 0 saturated carbocycles. The van der Waals surface area contributed by atoms with Crippen molar-refractivity contribution < 1.29 is 4.39 Å². The van der Waals surface area contributed by atoms with Crippen molar-refractivity contribution in [2.24, 2.45) is 0 Å². The van der Waals surface area contributed by atoms with Crippen LogP contribution in [0.4, 0.5) is 4.39 Å². The van der Waals surface area contributed by atoms with E-state index in [9.17, 15) is 4.39 Å². The molecule has 0 bridgehead atoms. The highest BCUT2D eigenvalue weighted by Gasteiger charge is 2.17. The lowest BCUT2D eigenvalue weighted by atomic mass is 10.0. The maximum absolute atomic E-state index is 13.9. The van der Waals surface area contributed by atoms with Crippen molar-refractivity contribution in [2.75, 3.05) is 6.54 Å². The quantitative estimate of drug-likeness (QED) is 0.856. The number of benzene rings is 1. The highest BCUT2D eigenvalue weighted by molar-refractivity contribution is 6.30. The van der Waals surface area contributed by atoms with Gasteiger partial charge in [-0.25, -0.2) is 9.37 Å². The lowest BCUT2D eigenvalue weighted by molar-refractivity contribution is 0.493. The topological polar surface area (TPSA) is 53.6 Å². The molecule has 4 nitrogen and oxygen atoms in total. The van der Waals surface area contributed by atoms with Gasteiger partial charge in [-0.15, -0.1) is 0 Å². The molecule has 0 aliphatic heterocycles. The van der Waals surface area contributed by atoms with E-state index in [4.69, 9.17) is 11.6 Å².